The summed E-state index contributed by atoms with van der Waals surface area (Å²) in [4.78, 5) is 21.6. The van der Waals surface area contributed by atoms with Crippen LogP contribution < -0.4 is 0 Å². The maximum Gasteiger partial charge on any atom is 0.243 e. The summed E-state index contributed by atoms with van der Waals surface area (Å²) >= 11 is 0. The fourth-order valence-electron chi connectivity index (χ4n) is 3.47. The summed E-state index contributed by atoms with van der Waals surface area (Å²) in [5, 5.41) is 4.13. The third-order valence-corrected chi connectivity index (χ3v) is 5.14. The molecule has 0 aliphatic carbocycles. The molecule has 0 radical (unpaired) electrons. The maximum atomic E-state index is 12.8. The summed E-state index contributed by atoms with van der Waals surface area (Å²) in [6, 6.07) is 0.0314. The predicted octanol–water partition coefficient (Wildman–Crippen LogP) is 2.00. The van der Waals surface area contributed by atoms with Gasteiger partial charge < -0.3 is 14.2 Å². The number of nitrogens with zero attached hydrogens (tertiary/aromatic N) is 4. The van der Waals surface area contributed by atoms with E-state index in [0.717, 1.165) is 31.8 Å². The van der Waals surface area contributed by atoms with Gasteiger partial charge in [0.15, 0.2) is 5.82 Å². The number of morpholine rings is 1. The van der Waals surface area contributed by atoms with Crippen LogP contribution in [0.25, 0.3) is 0 Å². The van der Waals surface area contributed by atoms with E-state index in [1.165, 1.54) is 0 Å². The van der Waals surface area contributed by atoms with Gasteiger partial charge in [-0.3, -0.25) is 9.69 Å². The van der Waals surface area contributed by atoms with Crippen molar-refractivity contribution < 1.29 is 14.1 Å². The second-order valence-corrected chi connectivity index (χ2v) is 8.15. The lowest BCUT2D eigenvalue weighted by Gasteiger charge is -2.37. The number of rotatable bonds is 3. The van der Waals surface area contributed by atoms with Gasteiger partial charge in [0.25, 0.3) is 0 Å². The standard InChI is InChI=1S/C18H30N4O3/c1-13(15-19-17(20-25-15)18(2,3)4)22-7-5-6-14(12-22)16(23)21-8-10-24-11-9-21/h13-14H,5-12H2,1-4H3. The molecule has 7 nitrogen and oxygen atoms in total. The molecule has 1 amide bonds. The van der Waals surface area contributed by atoms with Crippen molar-refractivity contribution in [1.82, 2.24) is 19.9 Å². The fourth-order valence-corrected chi connectivity index (χ4v) is 3.47. The van der Waals surface area contributed by atoms with E-state index in [1.807, 2.05) is 4.90 Å². The second-order valence-electron chi connectivity index (χ2n) is 8.15. The first-order valence-corrected chi connectivity index (χ1v) is 9.31. The van der Waals surface area contributed by atoms with Crippen LogP contribution in [0.1, 0.15) is 58.3 Å². The average Bonchev–Trinajstić information content (AvgIpc) is 3.12. The van der Waals surface area contributed by atoms with Crippen LogP contribution in [0.4, 0.5) is 0 Å². The van der Waals surface area contributed by atoms with E-state index < -0.39 is 0 Å². The highest BCUT2D eigenvalue weighted by molar-refractivity contribution is 5.79. The van der Waals surface area contributed by atoms with Crippen molar-refractivity contribution in [2.24, 2.45) is 5.92 Å². The number of carbonyl (C=O) groups excluding carboxylic acids is 1. The third-order valence-electron chi connectivity index (χ3n) is 5.14. The van der Waals surface area contributed by atoms with Gasteiger partial charge in [-0.2, -0.15) is 4.98 Å². The molecular formula is C18H30N4O3. The van der Waals surface area contributed by atoms with Crippen LogP contribution in [0, 0.1) is 5.92 Å². The molecule has 140 valence electrons. The van der Waals surface area contributed by atoms with Crippen LogP contribution in [0.2, 0.25) is 0 Å². The molecule has 2 atom stereocenters. The number of aromatic nitrogens is 2. The Balaban J connectivity index is 1.64. The molecule has 2 unspecified atom stereocenters. The molecule has 7 heteroatoms. The maximum absolute atomic E-state index is 12.8. The number of piperidine rings is 1. The van der Waals surface area contributed by atoms with E-state index in [4.69, 9.17) is 9.26 Å². The topological polar surface area (TPSA) is 71.7 Å². The van der Waals surface area contributed by atoms with E-state index in [9.17, 15) is 4.79 Å². The highest BCUT2D eigenvalue weighted by Crippen LogP contribution is 2.28. The Morgan fingerprint density at radius 1 is 1.24 bits per heavy atom. The molecule has 2 saturated heterocycles. The molecule has 0 aromatic carbocycles. The third kappa shape index (κ3) is 4.20. The van der Waals surface area contributed by atoms with Crippen molar-refractivity contribution in [1.29, 1.82) is 0 Å². The highest BCUT2D eigenvalue weighted by atomic mass is 16.5. The minimum Gasteiger partial charge on any atom is -0.378 e. The molecule has 2 aliphatic rings. The molecule has 3 heterocycles. The van der Waals surface area contributed by atoms with Crippen molar-refractivity contribution >= 4 is 5.91 Å². The molecule has 25 heavy (non-hydrogen) atoms. The van der Waals surface area contributed by atoms with Gasteiger partial charge in [-0.25, -0.2) is 0 Å². The number of hydrogen-bond acceptors (Lipinski definition) is 6. The molecular weight excluding hydrogens is 320 g/mol. The van der Waals surface area contributed by atoms with E-state index in [2.05, 4.69) is 42.7 Å². The number of hydrogen-bond donors (Lipinski definition) is 0. The Hall–Kier alpha value is -1.47. The van der Waals surface area contributed by atoms with Crippen molar-refractivity contribution in [3.63, 3.8) is 0 Å². The smallest absolute Gasteiger partial charge is 0.243 e. The first kappa shape index (κ1) is 18.3. The Morgan fingerprint density at radius 2 is 1.96 bits per heavy atom. The lowest BCUT2D eigenvalue weighted by molar-refractivity contribution is -0.141. The van der Waals surface area contributed by atoms with Crippen molar-refractivity contribution in [3.8, 4) is 0 Å². The summed E-state index contributed by atoms with van der Waals surface area (Å²) in [5.41, 5.74) is -0.127. The molecule has 0 bridgehead atoms. The van der Waals surface area contributed by atoms with Gasteiger partial charge >= 0.3 is 0 Å². The van der Waals surface area contributed by atoms with Gasteiger partial charge in [-0.05, 0) is 26.3 Å². The quantitative estimate of drug-likeness (QED) is 0.830. The summed E-state index contributed by atoms with van der Waals surface area (Å²) in [5.74, 6) is 1.69. The fraction of sp³-hybridized carbons (Fsp3) is 0.833. The monoisotopic (exact) mass is 350 g/mol. The SMILES string of the molecule is CC(c1nc(C(C)(C)C)no1)N1CCCC(C(=O)N2CCOCC2)C1. The van der Waals surface area contributed by atoms with Crippen LogP contribution in [0.15, 0.2) is 4.52 Å². The molecule has 1 aromatic heterocycles. The Bertz CT molecular complexity index is 589. The summed E-state index contributed by atoms with van der Waals surface area (Å²) < 4.78 is 10.9. The van der Waals surface area contributed by atoms with Crippen molar-refractivity contribution in [2.45, 2.75) is 52.0 Å². The molecule has 0 saturated carbocycles. The molecule has 2 aliphatic heterocycles. The normalized spacial score (nSPS) is 24.3. The van der Waals surface area contributed by atoms with Crippen LogP contribution in [0.5, 0.6) is 0 Å². The minimum atomic E-state index is -0.127. The van der Waals surface area contributed by atoms with E-state index in [-0.39, 0.29) is 23.3 Å². The van der Waals surface area contributed by atoms with E-state index in [0.29, 0.717) is 32.2 Å². The van der Waals surface area contributed by atoms with Crippen LogP contribution in [0.3, 0.4) is 0 Å². The van der Waals surface area contributed by atoms with Crippen molar-refractivity contribution in [3.05, 3.63) is 11.7 Å². The minimum absolute atomic E-state index is 0.0314. The molecule has 2 fully saturated rings. The van der Waals surface area contributed by atoms with Gasteiger partial charge in [-0.1, -0.05) is 25.9 Å². The Labute approximate surface area is 149 Å². The largest absolute Gasteiger partial charge is 0.378 e. The zero-order valence-corrected chi connectivity index (χ0v) is 15.8. The lowest BCUT2D eigenvalue weighted by atomic mass is 9.95. The molecule has 3 rings (SSSR count). The average molecular weight is 350 g/mol. The summed E-state index contributed by atoms with van der Waals surface area (Å²) in [6.45, 7) is 12.7. The number of likely N-dealkylation sites (tertiary alicyclic amines) is 1. The van der Waals surface area contributed by atoms with Gasteiger partial charge in [0.1, 0.15) is 0 Å². The number of amides is 1. The van der Waals surface area contributed by atoms with Gasteiger partial charge in [0.2, 0.25) is 11.8 Å². The second kappa shape index (κ2) is 7.41. The van der Waals surface area contributed by atoms with Gasteiger partial charge in [0, 0.05) is 25.0 Å². The van der Waals surface area contributed by atoms with Gasteiger partial charge in [0.05, 0.1) is 25.2 Å². The van der Waals surface area contributed by atoms with Crippen LogP contribution in [-0.4, -0.2) is 65.2 Å². The van der Waals surface area contributed by atoms with Crippen molar-refractivity contribution in [2.75, 3.05) is 39.4 Å². The molecule has 0 spiro atoms. The number of carbonyl (C=O) groups is 1. The van der Waals surface area contributed by atoms with E-state index >= 15 is 0 Å². The van der Waals surface area contributed by atoms with E-state index in [1.54, 1.807) is 0 Å². The predicted molar refractivity (Wildman–Crippen MR) is 93.1 cm³/mol. The van der Waals surface area contributed by atoms with Crippen LogP contribution in [-0.2, 0) is 14.9 Å². The molecule has 0 N–H and O–H groups in total. The Kier molecular flexibility index (Phi) is 5.43. The molecule has 1 aromatic rings. The zero-order chi connectivity index (χ0) is 18.0. The number of ether oxygens (including phenoxy) is 1. The summed E-state index contributed by atoms with van der Waals surface area (Å²) in [6.07, 6.45) is 1.97. The first-order valence-electron chi connectivity index (χ1n) is 9.31. The van der Waals surface area contributed by atoms with Gasteiger partial charge in [-0.15, -0.1) is 0 Å². The summed E-state index contributed by atoms with van der Waals surface area (Å²) in [7, 11) is 0. The lowest BCUT2D eigenvalue weighted by Crippen LogP contribution is -2.48. The Morgan fingerprint density at radius 3 is 2.60 bits per heavy atom. The highest BCUT2D eigenvalue weighted by Gasteiger charge is 2.34. The first-order chi connectivity index (χ1) is 11.9. The zero-order valence-electron chi connectivity index (χ0n) is 15.8. The van der Waals surface area contributed by atoms with Crippen LogP contribution >= 0.6 is 0 Å².